The molecule has 1 aromatic carbocycles. The predicted molar refractivity (Wildman–Crippen MR) is 117 cm³/mol. The average Bonchev–Trinajstić information content (AvgIpc) is 2.72. The van der Waals surface area contributed by atoms with Gasteiger partial charge in [-0.05, 0) is 46.2 Å². The smallest absolute Gasteiger partial charge is 0.309 e. The maximum Gasteiger partial charge on any atom is 0.349 e. The van der Waals surface area contributed by atoms with E-state index in [1.807, 2.05) is 0 Å². The first-order valence-electron chi connectivity index (χ1n) is 10.1. The minimum Gasteiger partial charge on any atom is -0.309 e. The number of carbonyl (C=O) groups is 1. The first kappa shape index (κ1) is 27.0. The van der Waals surface area contributed by atoms with Crippen molar-refractivity contribution < 1.29 is 32.0 Å². The van der Waals surface area contributed by atoms with Crippen LogP contribution in [-0.4, -0.2) is 43.8 Å². The van der Waals surface area contributed by atoms with Gasteiger partial charge >= 0.3 is 15.2 Å². The molecule has 0 aromatic heterocycles. The Kier molecular flexibility index (Phi) is 12.0. The van der Waals surface area contributed by atoms with Crippen LogP contribution in [-0.2, 0) is 27.2 Å². The van der Waals surface area contributed by atoms with Gasteiger partial charge in [0, 0.05) is 5.56 Å². The summed E-state index contributed by atoms with van der Waals surface area (Å²) in [4.78, 5) is 12.4. The Balaban J connectivity index is 3.08. The van der Waals surface area contributed by atoms with Crippen LogP contribution in [0.5, 0.6) is 0 Å². The number of benzene rings is 1. The molecule has 0 spiro atoms. The molecule has 9 nitrogen and oxygen atoms in total. The normalized spacial score (nSPS) is 14.3. The second kappa shape index (κ2) is 13.4. The van der Waals surface area contributed by atoms with Crippen molar-refractivity contribution in [3.05, 3.63) is 35.9 Å². The quantitative estimate of drug-likeness (QED) is 0.287. The number of carbonyl (C=O) groups excluding carboxylic acids is 1. The number of hydrogen-bond donors (Lipinski definition) is 2. The van der Waals surface area contributed by atoms with Gasteiger partial charge < -0.3 is 18.1 Å². The van der Waals surface area contributed by atoms with Crippen LogP contribution in [0.3, 0.4) is 0 Å². The Hall–Kier alpha value is -1.05. The van der Waals surface area contributed by atoms with E-state index >= 15 is 0 Å². The van der Waals surface area contributed by atoms with Crippen molar-refractivity contribution in [2.24, 2.45) is 0 Å². The van der Waals surface area contributed by atoms with Gasteiger partial charge in [-0.2, -0.15) is 0 Å². The molecule has 30 heavy (non-hydrogen) atoms. The highest BCUT2D eigenvalue weighted by Gasteiger charge is 2.42. The Labute approximate surface area is 179 Å². The summed E-state index contributed by atoms with van der Waals surface area (Å²) < 4.78 is 48.2. The summed E-state index contributed by atoms with van der Waals surface area (Å²) in [7, 11) is -7.16. The van der Waals surface area contributed by atoms with Crippen LogP contribution in [0.25, 0.3) is 0 Å². The molecule has 1 rings (SSSR count). The fourth-order valence-corrected chi connectivity index (χ4v) is 6.65. The molecular weight excluding hydrogens is 430 g/mol. The first-order chi connectivity index (χ1) is 14.3. The molecule has 0 bridgehead atoms. The van der Waals surface area contributed by atoms with Crippen molar-refractivity contribution in [1.82, 2.24) is 10.9 Å². The van der Waals surface area contributed by atoms with Crippen LogP contribution >= 0.6 is 15.2 Å². The Morgan fingerprint density at radius 3 is 1.80 bits per heavy atom. The van der Waals surface area contributed by atoms with Crippen LogP contribution in [0.1, 0.15) is 51.4 Å². The molecule has 1 amide bonds. The molecule has 0 aliphatic carbocycles. The number of nitrogens with one attached hydrogen (secondary N) is 2. The standard InChI is InChI=1S/C19H34N2O7P2/c1-6-25-29(23,26-7-2)16(5)15-18(30(24,27-8-3)28-9-4)20-21-19(22)17-13-11-10-12-14-17/h10-14,16,18,20H,6-9,15H2,1-5H3,(H,21,22). The summed E-state index contributed by atoms with van der Waals surface area (Å²) in [6.07, 6.45) is 0.0592. The molecule has 0 heterocycles. The molecule has 0 fully saturated rings. The van der Waals surface area contributed by atoms with E-state index in [1.54, 1.807) is 65.0 Å². The predicted octanol–water partition coefficient (Wildman–Crippen LogP) is 4.56. The van der Waals surface area contributed by atoms with E-state index in [0.29, 0.717) is 5.56 Å². The van der Waals surface area contributed by atoms with Crippen molar-refractivity contribution >= 4 is 21.1 Å². The summed E-state index contributed by atoms with van der Waals surface area (Å²) in [5.74, 6) is -1.38. The lowest BCUT2D eigenvalue weighted by Gasteiger charge is -2.31. The molecule has 2 unspecified atom stereocenters. The molecule has 11 heteroatoms. The third-order valence-corrected chi connectivity index (χ3v) is 8.98. The van der Waals surface area contributed by atoms with Crippen LogP contribution in [0.15, 0.2) is 30.3 Å². The SMILES string of the molecule is CCOP(=O)(OCC)C(C)CC(NNC(=O)c1ccccc1)P(=O)(OCC)OCC. The summed E-state index contributed by atoms with van der Waals surface area (Å²) in [6.45, 7) is 9.22. The summed E-state index contributed by atoms with van der Waals surface area (Å²) in [5.41, 5.74) is 5.12. The van der Waals surface area contributed by atoms with Crippen LogP contribution in [0, 0.1) is 0 Å². The molecule has 0 saturated heterocycles. The van der Waals surface area contributed by atoms with Crippen LogP contribution in [0.2, 0.25) is 0 Å². The summed E-state index contributed by atoms with van der Waals surface area (Å²) in [6, 6.07) is 8.57. The topological polar surface area (TPSA) is 112 Å². The van der Waals surface area contributed by atoms with Gasteiger partial charge in [-0.25, -0.2) is 5.43 Å². The van der Waals surface area contributed by atoms with Crippen molar-refractivity contribution in [3.63, 3.8) is 0 Å². The van der Waals surface area contributed by atoms with Gasteiger partial charge in [0.15, 0.2) is 0 Å². The number of hydrogen-bond acceptors (Lipinski definition) is 8. The molecule has 0 aliphatic heterocycles. The van der Waals surface area contributed by atoms with Gasteiger partial charge in [-0.15, -0.1) is 0 Å². The van der Waals surface area contributed by atoms with Crippen LogP contribution in [0.4, 0.5) is 0 Å². The van der Waals surface area contributed by atoms with Gasteiger partial charge in [0.25, 0.3) is 5.91 Å². The third-order valence-electron chi connectivity index (χ3n) is 4.11. The van der Waals surface area contributed by atoms with E-state index in [0.717, 1.165) is 0 Å². The van der Waals surface area contributed by atoms with E-state index in [4.69, 9.17) is 18.1 Å². The van der Waals surface area contributed by atoms with Crippen molar-refractivity contribution in [2.45, 2.75) is 52.5 Å². The maximum atomic E-state index is 13.4. The highest BCUT2D eigenvalue weighted by atomic mass is 31.2. The Bertz CT molecular complexity index is 713. The highest BCUT2D eigenvalue weighted by Crippen LogP contribution is 2.59. The van der Waals surface area contributed by atoms with E-state index in [1.165, 1.54) is 0 Å². The molecule has 0 aliphatic rings. The van der Waals surface area contributed by atoms with Crippen molar-refractivity contribution in [1.29, 1.82) is 0 Å². The monoisotopic (exact) mass is 464 g/mol. The van der Waals surface area contributed by atoms with Gasteiger partial charge in [-0.1, -0.05) is 25.1 Å². The zero-order valence-electron chi connectivity index (χ0n) is 18.3. The van der Waals surface area contributed by atoms with E-state index < -0.39 is 32.5 Å². The second-order valence-corrected chi connectivity index (χ2v) is 11.0. The van der Waals surface area contributed by atoms with Gasteiger partial charge in [0.2, 0.25) is 0 Å². The fourth-order valence-electron chi connectivity index (χ4n) is 2.76. The zero-order chi connectivity index (χ0) is 22.6. The van der Waals surface area contributed by atoms with E-state index in [9.17, 15) is 13.9 Å². The second-order valence-electron chi connectivity index (χ2n) is 6.32. The van der Waals surface area contributed by atoms with Gasteiger partial charge in [0.05, 0.1) is 32.1 Å². The third kappa shape index (κ3) is 7.89. The molecule has 0 saturated carbocycles. The molecular formula is C19H34N2O7P2. The number of hydrazine groups is 1. The summed E-state index contributed by atoms with van der Waals surface area (Å²) >= 11 is 0. The largest absolute Gasteiger partial charge is 0.349 e. The van der Waals surface area contributed by atoms with Gasteiger partial charge in [0.1, 0.15) is 5.78 Å². The van der Waals surface area contributed by atoms with E-state index in [-0.39, 0.29) is 32.8 Å². The molecule has 1 aromatic rings. The van der Waals surface area contributed by atoms with Crippen molar-refractivity contribution in [3.8, 4) is 0 Å². The number of amides is 1. The number of rotatable bonds is 15. The molecule has 0 radical (unpaired) electrons. The first-order valence-corrected chi connectivity index (χ1v) is 13.4. The van der Waals surface area contributed by atoms with Crippen LogP contribution < -0.4 is 10.9 Å². The molecule has 2 N–H and O–H groups in total. The molecule has 172 valence electrons. The lowest BCUT2D eigenvalue weighted by atomic mass is 10.2. The van der Waals surface area contributed by atoms with E-state index in [2.05, 4.69) is 10.9 Å². The summed E-state index contributed by atoms with van der Waals surface area (Å²) in [5, 5.41) is 0. The zero-order valence-corrected chi connectivity index (χ0v) is 20.1. The minimum absolute atomic E-state index is 0.0592. The highest BCUT2D eigenvalue weighted by molar-refractivity contribution is 7.55. The lowest BCUT2D eigenvalue weighted by molar-refractivity contribution is 0.0926. The van der Waals surface area contributed by atoms with Crippen molar-refractivity contribution in [2.75, 3.05) is 26.4 Å². The fraction of sp³-hybridized carbons (Fsp3) is 0.632. The molecule has 2 atom stereocenters. The Morgan fingerprint density at radius 1 is 0.867 bits per heavy atom. The van der Waals surface area contributed by atoms with Gasteiger partial charge in [-0.3, -0.25) is 19.4 Å². The minimum atomic E-state index is -3.70. The average molecular weight is 464 g/mol. The Morgan fingerprint density at radius 2 is 1.33 bits per heavy atom. The lowest BCUT2D eigenvalue weighted by Crippen LogP contribution is -2.46. The maximum absolute atomic E-state index is 13.4.